The van der Waals surface area contributed by atoms with Crippen molar-refractivity contribution in [2.75, 3.05) is 19.5 Å². The Morgan fingerprint density at radius 3 is 2.32 bits per heavy atom. The standard InChI is InChI=1S/C30H46ClN6O13P3/c1-18(2)24(29(39)47-21-12-8-6-9-13-21)36-51(40,48-22-14-10-7-11-15-22)49-53(43,44)50-52(41,42)46-16-23(45-5)26(38)19(3)20(4)37-17-33-25-27(32)34-30(31)35-28(25)37/h7,10-11,14-15,17-21,23-24,26,38H,6,8-9,12-13,16H2,1-5H3,(H,36,40)(H,41,42)(H,43,44)(H2,32,34,35). The van der Waals surface area contributed by atoms with Crippen LogP contribution in [0.3, 0.4) is 0 Å². The van der Waals surface area contributed by atoms with Crippen molar-refractivity contribution in [1.82, 2.24) is 24.6 Å². The number of carbonyl (C=O) groups excluding carboxylic acids is 1. The van der Waals surface area contributed by atoms with Crippen LogP contribution in [0.25, 0.3) is 11.2 Å². The largest absolute Gasteiger partial charge is 0.490 e. The van der Waals surface area contributed by atoms with E-state index < -0.39 is 72.1 Å². The number of phosphoric acid groups is 2. The number of halogens is 1. The molecule has 23 heteroatoms. The molecule has 0 saturated heterocycles. The number of para-hydroxylation sites is 1. The summed E-state index contributed by atoms with van der Waals surface area (Å²) in [5.74, 6) is -2.09. The molecule has 53 heavy (non-hydrogen) atoms. The zero-order chi connectivity index (χ0) is 39.1. The Kier molecular flexibility index (Phi) is 15.0. The van der Waals surface area contributed by atoms with Gasteiger partial charge in [0, 0.05) is 19.1 Å². The molecule has 1 aliphatic carbocycles. The maximum Gasteiger partial charge on any atom is 0.490 e. The van der Waals surface area contributed by atoms with E-state index in [1.165, 1.54) is 37.7 Å². The van der Waals surface area contributed by atoms with Crippen LogP contribution in [0.2, 0.25) is 5.28 Å². The van der Waals surface area contributed by atoms with Gasteiger partial charge in [0.15, 0.2) is 11.5 Å². The molecule has 1 aliphatic rings. The molecule has 0 spiro atoms. The molecule has 0 bridgehead atoms. The number of esters is 1. The summed E-state index contributed by atoms with van der Waals surface area (Å²) >= 11 is 5.97. The van der Waals surface area contributed by atoms with Crippen LogP contribution in [-0.2, 0) is 41.1 Å². The number of anilines is 1. The normalized spacial score (nSPS) is 20.4. The number of phosphoric ester groups is 1. The Labute approximate surface area is 311 Å². The molecule has 4 rings (SSSR count). The van der Waals surface area contributed by atoms with E-state index in [9.17, 15) is 33.4 Å². The first-order valence-electron chi connectivity index (χ1n) is 16.8. The van der Waals surface area contributed by atoms with Gasteiger partial charge in [0.05, 0.1) is 19.0 Å². The third-order valence-electron chi connectivity index (χ3n) is 8.68. The third kappa shape index (κ3) is 12.0. The lowest BCUT2D eigenvalue weighted by molar-refractivity contribution is -0.153. The number of hydrogen-bond acceptors (Lipinski definition) is 15. The van der Waals surface area contributed by atoms with Gasteiger partial charge >= 0.3 is 29.4 Å². The van der Waals surface area contributed by atoms with E-state index in [0.29, 0.717) is 18.5 Å². The summed E-state index contributed by atoms with van der Waals surface area (Å²) in [6.07, 6.45) is 2.47. The number of aliphatic hydroxyl groups is 1. The van der Waals surface area contributed by atoms with Crippen molar-refractivity contribution in [3.63, 3.8) is 0 Å². The number of nitrogens with zero attached hydrogens (tertiary/aromatic N) is 4. The smallest absolute Gasteiger partial charge is 0.461 e. The van der Waals surface area contributed by atoms with Gasteiger partial charge in [-0.15, -0.1) is 0 Å². The first-order valence-corrected chi connectivity index (χ1v) is 21.7. The van der Waals surface area contributed by atoms with Gasteiger partial charge in [0.2, 0.25) is 5.28 Å². The Balaban J connectivity index is 1.45. The van der Waals surface area contributed by atoms with E-state index in [0.717, 1.165) is 19.3 Å². The quantitative estimate of drug-likeness (QED) is 0.0562. The molecule has 1 aromatic carbocycles. The molecule has 1 saturated carbocycles. The van der Waals surface area contributed by atoms with E-state index in [-0.39, 0.29) is 28.5 Å². The summed E-state index contributed by atoms with van der Waals surface area (Å²) in [6.45, 7) is 5.77. The SMILES string of the molecule is COC(COP(=O)(O)OP(=O)(O)OP(=O)(NC(C(=O)OC1CCCCC1)C(C)C)Oc1ccccc1)C(O)C(C)C(C)n1cnc2c(N)nc(Cl)nc21. The van der Waals surface area contributed by atoms with Gasteiger partial charge in [-0.1, -0.05) is 45.4 Å². The molecular weight excluding hydrogens is 781 g/mol. The van der Waals surface area contributed by atoms with Crippen LogP contribution < -0.4 is 15.3 Å². The van der Waals surface area contributed by atoms with Crippen LogP contribution in [0.1, 0.15) is 65.8 Å². The lowest BCUT2D eigenvalue weighted by Gasteiger charge is -2.31. The number of nitrogens with two attached hydrogens (primary N) is 1. The van der Waals surface area contributed by atoms with Gasteiger partial charge in [0.1, 0.15) is 29.5 Å². The van der Waals surface area contributed by atoms with Crippen molar-refractivity contribution >= 4 is 57.9 Å². The second kappa shape index (κ2) is 18.4. The molecule has 0 amide bonds. The summed E-state index contributed by atoms with van der Waals surface area (Å²) in [7, 11) is -15.2. The zero-order valence-corrected chi connectivity index (χ0v) is 33.2. The number of methoxy groups -OCH3 is 1. The number of aromatic nitrogens is 4. The topological polar surface area (TPSA) is 266 Å². The molecule has 8 unspecified atom stereocenters. The van der Waals surface area contributed by atoms with Crippen molar-refractivity contribution in [3.8, 4) is 5.75 Å². The monoisotopic (exact) mass is 826 g/mol. The summed E-state index contributed by atoms with van der Waals surface area (Å²) in [4.78, 5) is 46.5. The van der Waals surface area contributed by atoms with Crippen molar-refractivity contribution in [2.45, 2.75) is 90.2 Å². The molecule has 1 fully saturated rings. The molecule has 0 aliphatic heterocycles. The lowest BCUT2D eigenvalue weighted by Crippen LogP contribution is -2.43. The zero-order valence-electron chi connectivity index (χ0n) is 29.8. The number of nitrogen functional groups attached to an aromatic ring is 1. The number of aliphatic hydroxyl groups excluding tert-OH is 1. The fraction of sp³-hybridized carbons (Fsp3) is 0.600. The maximum absolute atomic E-state index is 14.1. The minimum Gasteiger partial charge on any atom is -0.461 e. The van der Waals surface area contributed by atoms with E-state index in [4.69, 9.17) is 40.2 Å². The van der Waals surface area contributed by atoms with Crippen LogP contribution in [0.4, 0.5) is 5.82 Å². The number of imidazole rings is 1. The molecular formula is C30H46ClN6O13P3. The Morgan fingerprint density at radius 1 is 1.04 bits per heavy atom. The van der Waals surface area contributed by atoms with E-state index in [2.05, 4.69) is 24.3 Å². The molecule has 2 aromatic heterocycles. The first-order chi connectivity index (χ1) is 24.8. The third-order valence-corrected chi connectivity index (χ3v) is 13.7. The first kappa shape index (κ1) is 43.2. The number of ether oxygens (including phenoxy) is 2. The molecule has 0 radical (unpaired) electrons. The van der Waals surface area contributed by atoms with Crippen LogP contribution in [-0.4, -0.2) is 78.5 Å². The summed E-state index contributed by atoms with van der Waals surface area (Å²) in [5, 5.41) is 13.4. The van der Waals surface area contributed by atoms with E-state index in [1.54, 1.807) is 38.3 Å². The molecule has 2 heterocycles. The molecule has 296 valence electrons. The number of carbonyl (C=O) groups is 1. The fourth-order valence-corrected chi connectivity index (χ4v) is 10.3. The van der Waals surface area contributed by atoms with Gasteiger partial charge < -0.3 is 39.2 Å². The van der Waals surface area contributed by atoms with Gasteiger partial charge in [-0.25, -0.2) is 18.7 Å². The highest BCUT2D eigenvalue weighted by atomic mass is 35.5. The van der Waals surface area contributed by atoms with Crippen LogP contribution in [0.5, 0.6) is 5.75 Å². The summed E-state index contributed by atoms with van der Waals surface area (Å²) in [6, 6.07) is 5.48. The van der Waals surface area contributed by atoms with Crippen LogP contribution in [0.15, 0.2) is 36.7 Å². The predicted molar refractivity (Wildman–Crippen MR) is 193 cm³/mol. The highest BCUT2D eigenvalue weighted by molar-refractivity contribution is 7.68. The Hall–Kier alpha value is -2.50. The second-order valence-corrected chi connectivity index (χ2v) is 18.1. The minimum atomic E-state index is -5.80. The number of benzene rings is 1. The van der Waals surface area contributed by atoms with Gasteiger partial charge in [-0.3, -0.25) is 9.32 Å². The Morgan fingerprint density at radius 2 is 1.70 bits per heavy atom. The summed E-state index contributed by atoms with van der Waals surface area (Å²) in [5.41, 5.74) is 6.48. The minimum absolute atomic E-state index is 0.0573. The van der Waals surface area contributed by atoms with Crippen molar-refractivity contribution in [1.29, 1.82) is 0 Å². The Bertz CT molecular complexity index is 1830. The highest BCUT2D eigenvalue weighted by Crippen LogP contribution is 2.67. The molecule has 8 atom stereocenters. The average Bonchev–Trinajstić information content (AvgIpc) is 3.50. The van der Waals surface area contributed by atoms with Gasteiger partial charge in [-0.05, 0) is 62.3 Å². The number of hydrogen-bond donors (Lipinski definition) is 5. The van der Waals surface area contributed by atoms with Crippen LogP contribution >= 0.6 is 35.0 Å². The van der Waals surface area contributed by atoms with Gasteiger partial charge in [0.25, 0.3) is 0 Å². The van der Waals surface area contributed by atoms with Crippen molar-refractivity contribution < 1.29 is 60.5 Å². The second-order valence-electron chi connectivity index (χ2n) is 12.9. The average molecular weight is 827 g/mol. The predicted octanol–water partition coefficient (Wildman–Crippen LogP) is 5.56. The summed E-state index contributed by atoms with van der Waals surface area (Å²) < 4.78 is 72.5. The maximum atomic E-state index is 14.1. The van der Waals surface area contributed by atoms with Gasteiger partial charge in [-0.2, -0.15) is 23.7 Å². The lowest BCUT2D eigenvalue weighted by atomic mass is 9.93. The van der Waals surface area contributed by atoms with E-state index in [1.807, 2.05) is 0 Å². The number of rotatable bonds is 19. The van der Waals surface area contributed by atoms with Crippen LogP contribution in [0, 0.1) is 11.8 Å². The highest BCUT2D eigenvalue weighted by Gasteiger charge is 2.47. The molecule has 19 nitrogen and oxygen atoms in total. The molecule has 3 aromatic rings. The number of nitrogens with one attached hydrogen (secondary N) is 1. The van der Waals surface area contributed by atoms with Crippen molar-refractivity contribution in [2.24, 2.45) is 11.8 Å². The van der Waals surface area contributed by atoms with E-state index >= 15 is 0 Å². The molecule has 6 N–H and O–H groups in total. The number of fused-ring (bicyclic) bond motifs is 1. The van der Waals surface area contributed by atoms with Crippen molar-refractivity contribution in [3.05, 3.63) is 41.9 Å². The fourth-order valence-electron chi connectivity index (χ4n) is 5.62.